The lowest BCUT2D eigenvalue weighted by Crippen LogP contribution is -2.08. The first-order valence-corrected chi connectivity index (χ1v) is 5.34. The van der Waals surface area contributed by atoms with Crippen LogP contribution in [0.5, 0.6) is 0 Å². The molecule has 0 N–H and O–H groups in total. The van der Waals surface area contributed by atoms with Crippen molar-refractivity contribution >= 4 is 11.8 Å². The predicted molar refractivity (Wildman–Crippen MR) is 67.6 cm³/mol. The molecule has 0 aliphatic carbocycles. The van der Waals surface area contributed by atoms with Crippen molar-refractivity contribution in [3.63, 3.8) is 0 Å². The minimum absolute atomic E-state index is 0.145. The van der Waals surface area contributed by atoms with Crippen molar-refractivity contribution in [3.8, 4) is 0 Å². The third-order valence-electron chi connectivity index (χ3n) is 1.70. The first-order valence-electron chi connectivity index (χ1n) is 5.34. The Morgan fingerprint density at radius 2 is 1.88 bits per heavy atom. The van der Waals surface area contributed by atoms with E-state index in [1.807, 2.05) is 18.2 Å². The number of hydrogen-bond donors (Lipinski definition) is 0. The molecule has 0 aliphatic rings. The topological polar surface area (TPSA) is 43.4 Å². The summed E-state index contributed by atoms with van der Waals surface area (Å²) in [5, 5.41) is 0. The maximum absolute atomic E-state index is 10.5. The van der Waals surface area contributed by atoms with Gasteiger partial charge in [-0.3, -0.25) is 9.59 Å². The molecule has 0 saturated heterocycles. The highest BCUT2D eigenvalue weighted by Gasteiger charge is 2.03. The van der Waals surface area contributed by atoms with Gasteiger partial charge in [-0.05, 0) is 13.8 Å². The fraction of sp³-hybridized carbons (Fsp3) is 0.286. The summed E-state index contributed by atoms with van der Waals surface area (Å²) in [7, 11) is 0. The number of carbonyl (C=O) groups is 2. The zero-order valence-electron chi connectivity index (χ0n) is 10.3. The zero-order chi connectivity index (χ0) is 13.1. The third-order valence-corrected chi connectivity index (χ3v) is 1.70. The number of aryl methyl sites for hydroxylation is 1. The van der Waals surface area contributed by atoms with Crippen molar-refractivity contribution in [2.45, 2.75) is 20.3 Å². The first-order chi connectivity index (χ1) is 8.06. The summed E-state index contributed by atoms with van der Waals surface area (Å²) >= 11 is 0. The lowest BCUT2D eigenvalue weighted by Gasteiger charge is -1.96. The van der Waals surface area contributed by atoms with Crippen LogP contribution in [0.1, 0.15) is 18.9 Å². The molecular weight excluding hydrogens is 216 g/mol. The van der Waals surface area contributed by atoms with E-state index in [0.29, 0.717) is 0 Å². The molecule has 17 heavy (non-hydrogen) atoms. The summed E-state index contributed by atoms with van der Waals surface area (Å²) in [6.07, 6.45) is 1.31. The van der Waals surface area contributed by atoms with Crippen LogP contribution in [0.3, 0.4) is 0 Å². The Bertz CT molecular complexity index is 355. The highest BCUT2D eigenvalue weighted by Crippen LogP contribution is 1.92. The SMILES string of the molecule is C=CCOC(=O)CC(C)=O.Cc1ccccc1. The standard InChI is InChI=1S/C7H10O3.C7H8/c1-3-4-10-7(9)5-6(2)8;1-7-5-3-2-4-6-7/h3H,1,4-5H2,2H3;2-6H,1H3. The molecule has 0 bridgehead atoms. The van der Waals surface area contributed by atoms with Crippen molar-refractivity contribution in [1.82, 2.24) is 0 Å². The molecule has 92 valence electrons. The van der Waals surface area contributed by atoms with E-state index < -0.39 is 5.97 Å². The van der Waals surface area contributed by atoms with E-state index in [1.165, 1.54) is 18.6 Å². The number of benzene rings is 1. The highest BCUT2D eigenvalue weighted by molar-refractivity contribution is 5.94. The average molecular weight is 234 g/mol. The van der Waals surface area contributed by atoms with Gasteiger partial charge in [0.2, 0.25) is 0 Å². The average Bonchev–Trinajstić information content (AvgIpc) is 2.27. The molecule has 0 aliphatic heterocycles. The molecule has 0 atom stereocenters. The van der Waals surface area contributed by atoms with Gasteiger partial charge in [-0.15, -0.1) is 0 Å². The Morgan fingerprint density at radius 3 is 2.24 bits per heavy atom. The molecule has 0 fully saturated rings. The summed E-state index contributed by atoms with van der Waals surface area (Å²) < 4.78 is 4.52. The number of hydrogen-bond acceptors (Lipinski definition) is 3. The van der Waals surface area contributed by atoms with Crippen LogP contribution in [0.4, 0.5) is 0 Å². The van der Waals surface area contributed by atoms with Crippen LogP contribution < -0.4 is 0 Å². The lowest BCUT2D eigenvalue weighted by atomic mass is 10.2. The van der Waals surface area contributed by atoms with Crippen LogP contribution in [-0.4, -0.2) is 18.4 Å². The van der Waals surface area contributed by atoms with Crippen molar-refractivity contribution in [3.05, 3.63) is 48.6 Å². The van der Waals surface area contributed by atoms with Crippen molar-refractivity contribution in [1.29, 1.82) is 0 Å². The number of carbonyl (C=O) groups excluding carboxylic acids is 2. The van der Waals surface area contributed by atoms with Crippen molar-refractivity contribution in [2.24, 2.45) is 0 Å². The summed E-state index contributed by atoms with van der Waals surface area (Å²) in [6, 6.07) is 10.3. The Balaban J connectivity index is 0.000000318. The summed E-state index contributed by atoms with van der Waals surface area (Å²) in [4.78, 5) is 20.8. The van der Waals surface area contributed by atoms with Crippen molar-refractivity contribution < 1.29 is 14.3 Å². The van der Waals surface area contributed by atoms with Crippen LogP contribution in [0.25, 0.3) is 0 Å². The van der Waals surface area contributed by atoms with E-state index >= 15 is 0 Å². The fourth-order valence-corrected chi connectivity index (χ4v) is 0.941. The number of Topliss-reactive ketones (excluding diaryl/α,β-unsaturated/α-hetero) is 1. The second-order valence-electron chi connectivity index (χ2n) is 3.51. The van der Waals surface area contributed by atoms with Gasteiger partial charge < -0.3 is 4.74 Å². The van der Waals surface area contributed by atoms with Gasteiger partial charge in [0.05, 0.1) is 0 Å². The molecule has 0 amide bonds. The molecule has 0 saturated carbocycles. The minimum atomic E-state index is -0.493. The third kappa shape index (κ3) is 10.4. The van der Waals surface area contributed by atoms with Crippen LogP contribution in [-0.2, 0) is 14.3 Å². The summed E-state index contributed by atoms with van der Waals surface area (Å²) in [5.74, 6) is -0.679. The van der Waals surface area contributed by atoms with Crippen molar-refractivity contribution in [2.75, 3.05) is 6.61 Å². The molecule has 1 aromatic rings. The zero-order valence-corrected chi connectivity index (χ0v) is 10.3. The maximum Gasteiger partial charge on any atom is 0.313 e. The molecule has 0 radical (unpaired) electrons. The molecule has 0 heterocycles. The molecule has 0 spiro atoms. The van der Waals surface area contributed by atoms with E-state index in [2.05, 4.69) is 30.4 Å². The van der Waals surface area contributed by atoms with E-state index in [0.717, 1.165) is 0 Å². The summed E-state index contributed by atoms with van der Waals surface area (Å²) in [6.45, 7) is 6.95. The molecule has 3 nitrogen and oxygen atoms in total. The molecule has 3 heteroatoms. The Kier molecular flexibility index (Phi) is 8.29. The van der Waals surface area contributed by atoms with Gasteiger partial charge >= 0.3 is 5.97 Å². The molecule has 0 aromatic heterocycles. The molecule has 1 rings (SSSR count). The normalized spacial score (nSPS) is 8.59. The van der Waals surface area contributed by atoms with Gasteiger partial charge in [-0.1, -0.05) is 48.6 Å². The van der Waals surface area contributed by atoms with Gasteiger partial charge in [0.25, 0.3) is 0 Å². The van der Waals surface area contributed by atoms with Crippen LogP contribution in [0, 0.1) is 6.92 Å². The summed E-state index contributed by atoms with van der Waals surface area (Å²) in [5.41, 5.74) is 1.32. The van der Waals surface area contributed by atoms with E-state index in [-0.39, 0.29) is 18.8 Å². The monoisotopic (exact) mass is 234 g/mol. The van der Waals surface area contributed by atoms with E-state index in [1.54, 1.807) is 0 Å². The maximum atomic E-state index is 10.5. The number of ether oxygens (including phenoxy) is 1. The van der Waals surface area contributed by atoms with Crippen LogP contribution >= 0.6 is 0 Å². The largest absolute Gasteiger partial charge is 0.461 e. The molecular formula is C14H18O3. The number of ketones is 1. The first kappa shape index (κ1) is 15.1. The Hall–Kier alpha value is -1.90. The van der Waals surface area contributed by atoms with Gasteiger partial charge in [0.1, 0.15) is 18.8 Å². The Labute approximate surface area is 102 Å². The van der Waals surface area contributed by atoms with E-state index in [9.17, 15) is 9.59 Å². The lowest BCUT2D eigenvalue weighted by molar-refractivity contribution is -0.144. The van der Waals surface area contributed by atoms with Crippen LogP contribution in [0.15, 0.2) is 43.0 Å². The predicted octanol–water partition coefficient (Wildman–Crippen LogP) is 2.69. The molecule has 0 unspecified atom stereocenters. The van der Waals surface area contributed by atoms with E-state index in [4.69, 9.17) is 0 Å². The van der Waals surface area contributed by atoms with Gasteiger partial charge in [0, 0.05) is 0 Å². The molecule has 1 aromatic carbocycles. The second-order valence-corrected chi connectivity index (χ2v) is 3.51. The van der Waals surface area contributed by atoms with Gasteiger partial charge in [0.15, 0.2) is 0 Å². The minimum Gasteiger partial charge on any atom is -0.461 e. The smallest absolute Gasteiger partial charge is 0.313 e. The van der Waals surface area contributed by atoms with Gasteiger partial charge in [-0.2, -0.15) is 0 Å². The number of rotatable bonds is 4. The van der Waals surface area contributed by atoms with Crippen LogP contribution in [0.2, 0.25) is 0 Å². The van der Waals surface area contributed by atoms with Gasteiger partial charge in [-0.25, -0.2) is 0 Å². The quantitative estimate of drug-likeness (QED) is 0.457. The Morgan fingerprint density at radius 1 is 1.29 bits per heavy atom. The number of esters is 1. The fourth-order valence-electron chi connectivity index (χ4n) is 0.941. The second kappa shape index (κ2) is 9.33. The highest BCUT2D eigenvalue weighted by atomic mass is 16.5.